The third-order valence-corrected chi connectivity index (χ3v) is 3.79. The lowest BCUT2D eigenvalue weighted by atomic mass is 9.92. The molecule has 0 aromatic carbocycles. The van der Waals surface area contributed by atoms with Gasteiger partial charge in [0.1, 0.15) is 6.61 Å². The number of carbonyl (C=O) groups excluding carboxylic acids is 2. The third kappa shape index (κ3) is 17.2. The zero-order valence-electron chi connectivity index (χ0n) is 19.0. The zero-order chi connectivity index (χ0) is 24.6. The summed E-state index contributed by atoms with van der Waals surface area (Å²) < 4.78 is 41.7. The van der Waals surface area contributed by atoms with E-state index in [1.54, 1.807) is 0 Å². The van der Waals surface area contributed by atoms with E-state index < -0.39 is 17.5 Å². The molecule has 0 rings (SSSR count). The second-order valence-corrected chi connectivity index (χ2v) is 6.48. The van der Waals surface area contributed by atoms with Crippen molar-refractivity contribution in [2.24, 2.45) is 5.41 Å². The van der Waals surface area contributed by atoms with E-state index in [0.717, 1.165) is 6.08 Å². The lowest BCUT2D eigenvalue weighted by Gasteiger charge is -2.32. The Hall–Kier alpha value is -3.02. The van der Waals surface area contributed by atoms with Gasteiger partial charge in [0.2, 0.25) is 0 Å². The lowest BCUT2D eigenvalue weighted by molar-refractivity contribution is -0.149. The van der Waals surface area contributed by atoms with E-state index in [2.05, 4.69) is 31.6 Å². The van der Waals surface area contributed by atoms with E-state index in [4.69, 9.17) is 37.9 Å². The molecule has 11 heteroatoms. The van der Waals surface area contributed by atoms with Crippen LogP contribution in [0.4, 0.5) is 4.79 Å². The number of unbranched alkanes of at least 4 members (excludes halogenated alkanes) is 1. The minimum Gasteiger partial charge on any atom is -0.476 e. The summed E-state index contributed by atoms with van der Waals surface area (Å²) in [5.41, 5.74) is -0.893. The van der Waals surface area contributed by atoms with E-state index in [-0.39, 0.29) is 53.4 Å². The van der Waals surface area contributed by atoms with Gasteiger partial charge in [-0.05, 0) is 12.8 Å². The van der Waals surface area contributed by atoms with Crippen LogP contribution < -0.4 is 5.32 Å². The highest BCUT2D eigenvalue weighted by molar-refractivity contribution is 5.81. The van der Waals surface area contributed by atoms with Gasteiger partial charge < -0.3 is 43.2 Å². The monoisotopic (exact) mass is 473 g/mol. The molecule has 0 fully saturated rings. The maximum absolute atomic E-state index is 12.1. The van der Waals surface area contributed by atoms with E-state index in [9.17, 15) is 9.59 Å². The highest BCUT2D eigenvalue weighted by Gasteiger charge is 2.34. The summed E-state index contributed by atoms with van der Waals surface area (Å²) >= 11 is 0. The minimum atomic E-state index is -0.893. The molecular weight excluding hydrogens is 438 g/mol. The molecule has 0 aromatic rings. The van der Waals surface area contributed by atoms with Crippen LogP contribution in [0.1, 0.15) is 12.8 Å². The van der Waals surface area contributed by atoms with Gasteiger partial charge in [0, 0.05) is 12.6 Å². The van der Waals surface area contributed by atoms with Crippen LogP contribution in [0.25, 0.3) is 0 Å². The first kappa shape index (κ1) is 30.0. The Morgan fingerprint density at radius 2 is 1.24 bits per heavy atom. The van der Waals surface area contributed by atoms with Crippen molar-refractivity contribution in [2.75, 3.05) is 60.0 Å². The number of carbonyl (C=O) groups is 2. The molecule has 0 heterocycles. The molecule has 1 N–H and O–H groups in total. The zero-order valence-corrected chi connectivity index (χ0v) is 19.0. The summed E-state index contributed by atoms with van der Waals surface area (Å²) in [4.78, 5) is 23.1. The quantitative estimate of drug-likeness (QED) is 0.0779. The van der Waals surface area contributed by atoms with Crippen molar-refractivity contribution in [3.63, 3.8) is 0 Å². The number of esters is 1. The molecule has 0 aliphatic carbocycles. The van der Waals surface area contributed by atoms with Crippen LogP contribution in [0.15, 0.2) is 51.2 Å². The highest BCUT2D eigenvalue weighted by atomic mass is 16.7. The molecule has 0 radical (unpaired) electrons. The number of rotatable bonds is 23. The number of amides is 1. The Morgan fingerprint density at radius 3 is 1.70 bits per heavy atom. The normalized spacial score (nSPS) is 10.4. The average Bonchev–Trinajstić information content (AvgIpc) is 2.82. The second kappa shape index (κ2) is 20.9. The molecule has 0 saturated carbocycles. The summed E-state index contributed by atoms with van der Waals surface area (Å²) in [6.07, 6.45) is 5.36. The fourth-order valence-electron chi connectivity index (χ4n) is 2.23. The van der Waals surface area contributed by atoms with E-state index in [0.29, 0.717) is 19.4 Å². The Bertz CT molecular complexity index is 541. The Balaban J connectivity index is 4.73. The van der Waals surface area contributed by atoms with Gasteiger partial charge in [0.15, 0.2) is 20.4 Å². The molecule has 11 nitrogen and oxygen atoms in total. The van der Waals surface area contributed by atoms with Crippen molar-refractivity contribution in [3.8, 4) is 0 Å². The Kier molecular flexibility index (Phi) is 19.0. The maximum Gasteiger partial charge on any atom is 0.407 e. The van der Waals surface area contributed by atoms with Crippen LogP contribution in [0, 0.1) is 5.41 Å². The van der Waals surface area contributed by atoms with Crippen molar-refractivity contribution in [1.29, 1.82) is 0 Å². The molecular formula is C22H35NO10. The molecule has 33 heavy (non-hydrogen) atoms. The molecule has 188 valence electrons. The van der Waals surface area contributed by atoms with Gasteiger partial charge in [-0.25, -0.2) is 9.59 Å². The molecule has 0 bridgehead atoms. The van der Waals surface area contributed by atoms with Gasteiger partial charge in [-0.3, -0.25) is 0 Å². The van der Waals surface area contributed by atoms with Crippen molar-refractivity contribution in [2.45, 2.75) is 12.8 Å². The van der Waals surface area contributed by atoms with Crippen LogP contribution in [-0.4, -0.2) is 72.0 Å². The fraction of sp³-hybridized carbons (Fsp3) is 0.545. The Labute approximate surface area is 194 Å². The standard InChI is InChI=1S/C22H35NO10/c1-5-20(24)32-12-10-9-11-23-21(25)33-16-22(13-29-17-26-6-2,14-30-18-27-7-3)15-31-19-28-8-4/h5-8H,1-4,9-19H2,(H,23,25). The average molecular weight is 474 g/mol. The minimum absolute atomic E-state index is 0.0554. The van der Waals surface area contributed by atoms with Crippen LogP contribution in [0.5, 0.6) is 0 Å². The lowest BCUT2D eigenvalue weighted by Crippen LogP contribution is -2.43. The Morgan fingerprint density at radius 1 is 0.727 bits per heavy atom. The molecule has 1 amide bonds. The van der Waals surface area contributed by atoms with Crippen LogP contribution >= 0.6 is 0 Å². The molecule has 0 aliphatic heterocycles. The number of nitrogens with one attached hydrogen (secondary N) is 1. The van der Waals surface area contributed by atoms with E-state index >= 15 is 0 Å². The highest BCUT2D eigenvalue weighted by Crippen LogP contribution is 2.21. The molecule has 0 aliphatic rings. The van der Waals surface area contributed by atoms with E-state index in [1.165, 1.54) is 18.8 Å². The van der Waals surface area contributed by atoms with Crippen LogP contribution in [0.3, 0.4) is 0 Å². The van der Waals surface area contributed by atoms with Crippen molar-refractivity contribution in [1.82, 2.24) is 5.32 Å². The summed E-state index contributed by atoms with van der Waals surface area (Å²) in [7, 11) is 0. The van der Waals surface area contributed by atoms with Gasteiger partial charge >= 0.3 is 12.1 Å². The smallest absolute Gasteiger partial charge is 0.407 e. The number of ether oxygens (including phenoxy) is 8. The van der Waals surface area contributed by atoms with Crippen LogP contribution in [0.2, 0.25) is 0 Å². The topological polar surface area (TPSA) is 120 Å². The van der Waals surface area contributed by atoms with Gasteiger partial charge in [-0.1, -0.05) is 26.3 Å². The molecule has 0 saturated heterocycles. The summed E-state index contributed by atoms with van der Waals surface area (Å²) in [6, 6.07) is 0. The number of hydrogen-bond acceptors (Lipinski definition) is 10. The van der Waals surface area contributed by atoms with Crippen molar-refractivity contribution >= 4 is 12.1 Å². The predicted octanol–water partition coefficient (Wildman–Crippen LogP) is 2.61. The summed E-state index contributed by atoms with van der Waals surface area (Å²) in [5, 5.41) is 2.63. The third-order valence-electron chi connectivity index (χ3n) is 3.79. The number of hydrogen-bond donors (Lipinski definition) is 1. The second-order valence-electron chi connectivity index (χ2n) is 6.48. The van der Waals surface area contributed by atoms with Gasteiger partial charge in [-0.2, -0.15) is 0 Å². The SMILES string of the molecule is C=COCOCC(COCOC=C)(COCOC=C)COC(=O)NCCCCOC(=O)C=C. The molecule has 0 unspecified atom stereocenters. The fourth-order valence-corrected chi connectivity index (χ4v) is 2.23. The van der Waals surface area contributed by atoms with Crippen molar-refractivity contribution in [3.05, 3.63) is 51.2 Å². The van der Waals surface area contributed by atoms with Gasteiger partial charge in [0.25, 0.3) is 0 Å². The molecule has 0 atom stereocenters. The summed E-state index contributed by atoms with van der Waals surface area (Å²) in [6.45, 7) is 14.2. The molecule has 0 aromatic heterocycles. The van der Waals surface area contributed by atoms with Gasteiger partial charge in [-0.15, -0.1) is 0 Å². The number of alkyl carbamates (subject to hydrolysis) is 1. The van der Waals surface area contributed by atoms with Crippen molar-refractivity contribution < 1.29 is 47.5 Å². The largest absolute Gasteiger partial charge is 0.476 e. The van der Waals surface area contributed by atoms with Gasteiger partial charge in [0.05, 0.1) is 50.6 Å². The van der Waals surface area contributed by atoms with Crippen LogP contribution in [-0.2, 0) is 42.7 Å². The summed E-state index contributed by atoms with van der Waals surface area (Å²) in [5.74, 6) is -0.485. The predicted molar refractivity (Wildman–Crippen MR) is 118 cm³/mol. The first-order valence-electron chi connectivity index (χ1n) is 10.1. The first-order valence-corrected chi connectivity index (χ1v) is 10.1. The van der Waals surface area contributed by atoms with E-state index in [1.807, 2.05) is 0 Å². The maximum atomic E-state index is 12.1. The molecule has 0 spiro atoms. The first-order chi connectivity index (χ1) is 16.0.